The Morgan fingerprint density at radius 2 is 1.65 bits per heavy atom. The minimum atomic E-state index is 0. The average Bonchev–Trinajstić information content (AvgIpc) is 3.57. The van der Waals surface area contributed by atoms with Gasteiger partial charge in [-0.3, -0.25) is 4.98 Å². The first-order valence-corrected chi connectivity index (χ1v) is 11.2. The molecule has 4 aromatic carbocycles. The third kappa shape index (κ3) is 2.91. The molecular formula is C29H20IrN3O-. The molecule has 0 aliphatic heterocycles. The Hall–Kier alpha value is -3.66. The van der Waals surface area contributed by atoms with Gasteiger partial charge in [-0.2, -0.15) is 0 Å². The number of fused-ring (bicyclic) bond motifs is 6. The molecule has 0 saturated heterocycles. The van der Waals surface area contributed by atoms with Crippen LogP contribution in [-0.4, -0.2) is 14.1 Å². The van der Waals surface area contributed by atoms with Gasteiger partial charge >= 0.3 is 0 Å². The minimum Gasteiger partial charge on any atom is -0.456 e. The largest absolute Gasteiger partial charge is 0.456 e. The predicted octanol–water partition coefficient (Wildman–Crippen LogP) is 7.36. The first kappa shape index (κ1) is 20.9. The van der Waals surface area contributed by atoms with Crippen LogP contribution in [0.4, 0.5) is 0 Å². The first-order valence-electron chi connectivity index (χ1n) is 11.2. The van der Waals surface area contributed by atoms with Gasteiger partial charge in [0.2, 0.25) is 0 Å². The normalized spacial score (nSPS) is 11.6. The molecular weight excluding hydrogens is 599 g/mol. The maximum absolute atomic E-state index is 6.11. The number of hydrogen-bond donors (Lipinski definition) is 0. The van der Waals surface area contributed by atoms with Crippen LogP contribution in [0.25, 0.3) is 60.8 Å². The molecule has 0 saturated carbocycles. The Kier molecular flexibility index (Phi) is 4.91. The number of rotatable bonds is 3. The van der Waals surface area contributed by atoms with Crippen LogP contribution < -0.4 is 0 Å². The molecule has 4 nitrogen and oxygen atoms in total. The molecule has 3 heterocycles. The number of para-hydroxylation sites is 2. The van der Waals surface area contributed by atoms with Crippen molar-refractivity contribution in [3.05, 3.63) is 97.3 Å². The second-order valence-corrected chi connectivity index (χ2v) is 8.28. The summed E-state index contributed by atoms with van der Waals surface area (Å²) in [5.74, 6) is 0.864. The van der Waals surface area contributed by atoms with Gasteiger partial charge in [0.05, 0.1) is 11.2 Å². The van der Waals surface area contributed by atoms with E-state index in [0.29, 0.717) is 0 Å². The van der Waals surface area contributed by atoms with Crippen molar-refractivity contribution in [3.63, 3.8) is 0 Å². The van der Waals surface area contributed by atoms with Crippen LogP contribution in [0.2, 0.25) is 0 Å². The van der Waals surface area contributed by atoms with Crippen molar-refractivity contribution >= 4 is 43.7 Å². The van der Waals surface area contributed by atoms with Crippen LogP contribution in [0.1, 0.15) is 6.92 Å². The fourth-order valence-electron chi connectivity index (χ4n) is 5.11. The second kappa shape index (κ2) is 7.98. The average molecular weight is 619 g/mol. The molecule has 0 fully saturated rings. The SMILES string of the molecule is CCn1c2c[c-]c(-c3nccn3-c3cccc4oc5ccccc5c34)cc2c2ccccc21.[Ir]. The maximum atomic E-state index is 6.11. The van der Waals surface area contributed by atoms with Crippen molar-refractivity contribution in [2.24, 2.45) is 0 Å². The van der Waals surface area contributed by atoms with Gasteiger partial charge in [0.15, 0.2) is 0 Å². The van der Waals surface area contributed by atoms with E-state index in [-0.39, 0.29) is 20.1 Å². The second-order valence-electron chi connectivity index (χ2n) is 8.28. The molecule has 1 radical (unpaired) electrons. The molecule has 7 rings (SSSR count). The van der Waals surface area contributed by atoms with Crippen LogP contribution in [0, 0.1) is 6.07 Å². The van der Waals surface area contributed by atoms with E-state index in [9.17, 15) is 0 Å². The number of furan rings is 1. The monoisotopic (exact) mass is 619 g/mol. The predicted molar refractivity (Wildman–Crippen MR) is 134 cm³/mol. The van der Waals surface area contributed by atoms with E-state index in [2.05, 4.69) is 70.7 Å². The Labute approximate surface area is 209 Å². The van der Waals surface area contributed by atoms with Gasteiger partial charge in [0, 0.05) is 55.6 Å². The van der Waals surface area contributed by atoms with E-state index < -0.39 is 0 Å². The van der Waals surface area contributed by atoms with Gasteiger partial charge in [-0.25, -0.2) is 0 Å². The van der Waals surface area contributed by atoms with Crippen LogP contribution in [0.5, 0.6) is 0 Å². The maximum Gasteiger partial charge on any atom is 0.137 e. The quantitative estimate of drug-likeness (QED) is 0.194. The molecule has 7 aromatic rings. The Morgan fingerprint density at radius 1 is 0.853 bits per heavy atom. The number of aromatic nitrogens is 3. The van der Waals surface area contributed by atoms with E-state index in [1.54, 1.807) is 0 Å². The molecule has 0 bridgehead atoms. The van der Waals surface area contributed by atoms with Gasteiger partial charge in [0.1, 0.15) is 11.2 Å². The summed E-state index contributed by atoms with van der Waals surface area (Å²) in [7, 11) is 0. The van der Waals surface area contributed by atoms with Crippen molar-refractivity contribution in [2.75, 3.05) is 0 Å². The fraction of sp³-hybridized carbons (Fsp3) is 0.0690. The summed E-state index contributed by atoms with van der Waals surface area (Å²) in [6.45, 7) is 3.10. The molecule has 5 heteroatoms. The number of hydrogen-bond acceptors (Lipinski definition) is 2. The number of imidazole rings is 1. The van der Waals surface area contributed by atoms with Crippen molar-refractivity contribution < 1.29 is 24.5 Å². The number of benzene rings is 4. The number of nitrogens with zero attached hydrogens (tertiary/aromatic N) is 3. The summed E-state index contributed by atoms with van der Waals surface area (Å²) in [4.78, 5) is 4.74. The molecule has 0 N–H and O–H groups in total. The topological polar surface area (TPSA) is 35.9 Å². The van der Waals surface area contributed by atoms with Crippen LogP contribution in [-0.2, 0) is 26.7 Å². The van der Waals surface area contributed by atoms with Gasteiger partial charge in [-0.05, 0) is 42.1 Å². The van der Waals surface area contributed by atoms with E-state index >= 15 is 0 Å². The fourth-order valence-corrected chi connectivity index (χ4v) is 5.11. The molecule has 0 atom stereocenters. The van der Waals surface area contributed by atoms with Crippen molar-refractivity contribution in [2.45, 2.75) is 13.5 Å². The number of aryl methyl sites for hydroxylation is 1. The van der Waals surface area contributed by atoms with Crippen LogP contribution in [0.3, 0.4) is 0 Å². The Bertz CT molecular complexity index is 1820. The van der Waals surface area contributed by atoms with Crippen LogP contribution >= 0.6 is 0 Å². The summed E-state index contributed by atoms with van der Waals surface area (Å²) < 4.78 is 10.6. The van der Waals surface area contributed by atoms with E-state index in [4.69, 9.17) is 9.40 Å². The van der Waals surface area contributed by atoms with Gasteiger partial charge in [0.25, 0.3) is 0 Å². The standard InChI is InChI=1S/C29H20N3O.Ir/c1-2-31-23-10-5-3-8-20(23)22-18-19(14-15-24(22)31)29-30-16-17-32(29)25-11-7-13-27-28(25)21-9-4-6-12-26(21)33-27;/h3-13,15-18H,2H2,1H3;/q-1;. The molecule has 34 heavy (non-hydrogen) atoms. The van der Waals surface area contributed by atoms with E-state index in [0.717, 1.165) is 45.6 Å². The third-order valence-corrected chi connectivity index (χ3v) is 6.54. The molecule has 167 valence electrons. The van der Waals surface area contributed by atoms with Gasteiger partial charge < -0.3 is 13.6 Å². The molecule has 0 unspecified atom stereocenters. The van der Waals surface area contributed by atoms with E-state index in [1.165, 1.54) is 21.8 Å². The van der Waals surface area contributed by atoms with Gasteiger partial charge in [-0.1, -0.05) is 47.9 Å². The Balaban J connectivity index is 0.00000217. The summed E-state index contributed by atoms with van der Waals surface area (Å²) >= 11 is 0. The molecule has 0 aliphatic rings. The van der Waals surface area contributed by atoms with Crippen molar-refractivity contribution in [1.82, 2.24) is 14.1 Å². The summed E-state index contributed by atoms with van der Waals surface area (Å²) in [5, 5.41) is 4.68. The third-order valence-electron chi connectivity index (χ3n) is 6.54. The molecule has 0 amide bonds. The zero-order valence-corrected chi connectivity index (χ0v) is 20.8. The summed E-state index contributed by atoms with van der Waals surface area (Å²) in [6.07, 6.45) is 3.86. The van der Waals surface area contributed by atoms with Gasteiger partial charge in [-0.15, -0.1) is 23.8 Å². The summed E-state index contributed by atoms with van der Waals surface area (Å²) in [6, 6.07) is 30.8. The minimum absolute atomic E-state index is 0. The van der Waals surface area contributed by atoms with Crippen LogP contribution in [0.15, 0.2) is 95.7 Å². The molecule has 0 aliphatic carbocycles. The summed E-state index contributed by atoms with van der Waals surface area (Å²) in [5.41, 5.74) is 6.23. The van der Waals surface area contributed by atoms with Crippen molar-refractivity contribution in [1.29, 1.82) is 0 Å². The zero-order chi connectivity index (χ0) is 21.9. The Morgan fingerprint density at radius 3 is 2.53 bits per heavy atom. The molecule has 3 aromatic heterocycles. The smallest absolute Gasteiger partial charge is 0.137 e. The van der Waals surface area contributed by atoms with Crippen molar-refractivity contribution in [3.8, 4) is 17.1 Å². The molecule has 0 spiro atoms. The first-order chi connectivity index (χ1) is 16.3. The zero-order valence-electron chi connectivity index (χ0n) is 18.5. The van der Waals surface area contributed by atoms with E-state index in [1.807, 2.05) is 42.7 Å².